The number of amides is 2. The molecule has 15 heteroatoms. The lowest BCUT2D eigenvalue weighted by Crippen LogP contribution is -2.27. The number of pyridine rings is 1. The molecule has 3 N–H and O–H groups in total. The zero-order valence-electron chi connectivity index (χ0n) is 21.5. The van der Waals surface area contributed by atoms with Crippen LogP contribution in [-0.4, -0.2) is 28.6 Å². The number of hydrogen-bond acceptors (Lipinski definition) is 7. The quantitative estimate of drug-likeness (QED) is 0.204. The number of nitrogens with two attached hydrogens (primary N) is 1. The molecule has 0 bridgehead atoms. The zero-order valence-corrected chi connectivity index (χ0v) is 23.1. The van der Waals surface area contributed by atoms with Crippen molar-refractivity contribution < 1.29 is 45.4 Å². The summed E-state index contributed by atoms with van der Waals surface area (Å²) in [6.07, 6.45) is -5.36. The third-order valence-corrected chi connectivity index (χ3v) is 6.24. The Morgan fingerprint density at radius 3 is 2.48 bits per heavy atom. The van der Waals surface area contributed by atoms with Gasteiger partial charge in [-0.1, -0.05) is 12.1 Å². The first-order valence-corrected chi connectivity index (χ1v) is 12.7. The van der Waals surface area contributed by atoms with E-state index in [4.69, 9.17) is 19.6 Å². The van der Waals surface area contributed by atoms with Crippen molar-refractivity contribution in [3.8, 4) is 17.0 Å². The van der Waals surface area contributed by atoms with Gasteiger partial charge in [0, 0.05) is 24.0 Å². The molecule has 0 fully saturated rings. The van der Waals surface area contributed by atoms with Crippen molar-refractivity contribution in [1.82, 2.24) is 15.3 Å². The zero-order chi connectivity index (χ0) is 30.6. The number of nitrogens with zero attached hydrogens (tertiary/aromatic N) is 2. The van der Waals surface area contributed by atoms with Gasteiger partial charge in [-0.25, -0.2) is 18.6 Å². The highest BCUT2D eigenvalue weighted by atomic mass is 79.9. The van der Waals surface area contributed by atoms with Crippen LogP contribution in [0.25, 0.3) is 11.3 Å². The molecular formula is C27H20BrF5N4O5. The van der Waals surface area contributed by atoms with Crippen LogP contribution in [0.5, 0.6) is 5.75 Å². The number of aromatic nitrogens is 2. The summed E-state index contributed by atoms with van der Waals surface area (Å²) in [6.45, 7) is 1.24. The van der Waals surface area contributed by atoms with Crippen molar-refractivity contribution in [3.05, 3.63) is 99.3 Å². The number of ether oxygens (including phenoxy) is 2. The van der Waals surface area contributed by atoms with Crippen LogP contribution >= 0.6 is 15.9 Å². The van der Waals surface area contributed by atoms with Crippen LogP contribution in [0.3, 0.4) is 0 Å². The van der Waals surface area contributed by atoms with Gasteiger partial charge >= 0.3 is 12.3 Å². The lowest BCUT2D eigenvalue weighted by atomic mass is 10.1. The van der Waals surface area contributed by atoms with Crippen LogP contribution in [0.15, 0.2) is 63.8 Å². The topological polar surface area (TPSA) is 130 Å². The molecule has 2 aromatic carbocycles. The summed E-state index contributed by atoms with van der Waals surface area (Å²) in [5.74, 6) is -4.97. The predicted octanol–water partition coefficient (Wildman–Crippen LogP) is 6.25. The van der Waals surface area contributed by atoms with Gasteiger partial charge in [-0.3, -0.25) is 9.78 Å². The standard InChI is InChI=1S/C27H20BrF5N4O5/c1-13-10-14(8-9-35-13)11-36-26(39)40-12-19(41-18-7-6-17(29)20(21(18)30)24(34)38)25-37-22(23(28)42-25)15-2-4-16(5-3-15)27(31,32)33/h2-10,19H,11-12H2,1H3,(H2,34,38)(H,36,39). The van der Waals surface area contributed by atoms with Crippen LogP contribution in [0, 0.1) is 18.6 Å². The monoisotopic (exact) mass is 654 g/mol. The number of rotatable bonds is 9. The fourth-order valence-electron chi connectivity index (χ4n) is 3.70. The van der Waals surface area contributed by atoms with Gasteiger partial charge in [-0.05, 0) is 64.8 Å². The van der Waals surface area contributed by atoms with E-state index in [1.165, 1.54) is 0 Å². The molecule has 4 aromatic rings. The number of carbonyl (C=O) groups is 2. The summed E-state index contributed by atoms with van der Waals surface area (Å²) < 4.78 is 84.2. The van der Waals surface area contributed by atoms with Gasteiger partial charge in [-0.15, -0.1) is 0 Å². The molecule has 1 atom stereocenters. The Labute approximate surface area is 243 Å². The molecular weight excluding hydrogens is 635 g/mol. The first-order chi connectivity index (χ1) is 19.8. The highest BCUT2D eigenvalue weighted by Gasteiger charge is 2.31. The van der Waals surface area contributed by atoms with E-state index < -0.39 is 59.4 Å². The number of hydrogen-bond donors (Lipinski definition) is 2. The number of carbonyl (C=O) groups excluding carboxylic acids is 2. The predicted molar refractivity (Wildman–Crippen MR) is 140 cm³/mol. The normalized spacial score (nSPS) is 12.1. The molecule has 0 aliphatic heterocycles. The summed E-state index contributed by atoms with van der Waals surface area (Å²) in [5.41, 5.74) is 4.87. The fraction of sp³-hybridized carbons (Fsp3) is 0.185. The SMILES string of the molecule is Cc1cc(CNC(=O)OCC(Oc2ccc(F)c(C(N)=O)c2F)c2nc(-c3ccc(C(F)(F)F)cc3)c(Br)o2)ccn1. The smallest absolute Gasteiger partial charge is 0.416 e. The van der Waals surface area contributed by atoms with Crippen molar-refractivity contribution in [2.75, 3.05) is 6.61 Å². The summed E-state index contributed by atoms with van der Waals surface area (Å²) in [6, 6.07) is 9.07. The fourth-order valence-corrected chi connectivity index (χ4v) is 4.18. The van der Waals surface area contributed by atoms with Crippen LogP contribution < -0.4 is 15.8 Å². The van der Waals surface area contributed by atoms with Gasteiger partial charge in [0.1, 0.15) is 23.7 Å². The number of alkyl halides is 3. The van der Waals surface area contributed by atoms with E-state index in [-0.39, 0.29) is 28.4 Å². The van der Waals surface area contributed by atoms with Crippen LogP contribution in [0.4, 0.5) is 26.7 Å². The highest BCUT2D eigenvalue weighted by molar-refractivity contribution is 9.10. The van der Waals surface area contributed by atoms with Gasteiger partial charge in [-0.2, -0.15) is 13.2 Å². The second-order valence-electron chi connectivity index (χ2n) is 8.71. The van der Waals surface area contributed by atoms with Crippen molar-refractivity contribution in [3.63, 3.8) is 0 Å². The summed E-state index contributed by atoms with van der Waals surface area (Å²) in [7, 11) is 0. The van der Waals surface area contributed by atoms with Crippen LogP contribution in [-0.2, 0) is 17.5 Å². The molecule has 0 aliphatic rings. The molecule has 4 rings (SSSR count). The van der Waals surface area contributed by atoms with E-state index in [2.05, 4.69) is 31.2 Å². The van der Waals surface area contributed by atoms with E-state index in [0.29, 0.717) is 0 Å². The van der Waals surface area contributed by atoms with Crippen LogP contribution in [0.2, 0.25) is 0 Å². The van der Waals surface area contributed by atoms with E-state index in [9.17, 15) is 31.5 Å². The third-order valence-electron chi connectivity index (χ3n) is 5.70. The Hall–Kier alpha value is -4.53. The first kappa shape index (κ1) is 30.4. The maximum absolute atomic E-state index is 14.9. The molecule has 0 radical (unpaired) electrons. The lowest BCUT2D eigenvalue weighted by molar-refractivity contribution is -0.137. The van der Waals surface area contributed by atoms with Gasteiger partial charge in [0.25, 0.3) is 5.91 Å². The van der Waals surface area contributed by atoms with Crippen molar-refractivity contribution in [2.24, 2.45) is 5.73 Å². The summed E-state index contributed by atoms with van der Waals surface area (Å²) in [5, 5.41) is 2.52. The minimum atomic E-state index is -4.55. The molecule has 9 nitrogen and oxygen atoms in total. The molecule has 2 amide bonds. The number of halogens is 6. The maximum atomic E-state index is 14.9. The molecule has 1 unspecified atom stereocenters. The molecule has 0 spiro atoms. The van der Waals surface area contributed by atoms with Crippen molar-refractivity contribution in [2.45, 2.75) is 25.7 Å². The summed E-state index contributed by atoms with van der Waals surface area (Å²) in [4.78, 5) is 32.3. The average molecular weight is 655 g/mol. The maximum Gasteiger partial charge on any atom is 0.416 e. The largest absolute Gasteiger partial charge is 0.474 e. The number of aryl methyl sites for hydroxylation is 1. The Morgan fingerprint density at radius 1 is 1.12 bits per heavy atom. The van der Waals surface area contributed by atoms with Gasteiger partial charge in [0.05, 0.1) is 5.56 Å². The van der Waals surface area contributed by atoms with Crippen molar-refractivity contribution >= 4 is 27.9 Å². The number of alkyl carbamates (subject to hydrolysis) is 1. The van der Waals surface area contributed by atoms with Gasteiger partial charge in [0.15, 0.2) is 16.2 Å². The Morgan fingerprint density at radius 2 is 1.83 bits per heavy atom. The second-order valence-corrected chi connectivity index (χ2v) is 9.43. The molecule has 220 valence electrons. The number of oxazole rings is 1. The molecule has 2 heterocycles. The highest BCUT2D eigenvalue weighted by Crippen LogP contribution is 2.36. The first-order valence-electron chi connectivity index (χ1n) is 11.9. The molecule has 0 aliphatic carbocycles. The Kier molecular flexibility index (Phi) is 9.09. The minimum absolute atomic E-state index is 0.0271. The molecule has 0 saturated heterocycles. The third kappa shape index (κ3) is 7.21. The minimum Gasteiger partial charge on any atom is -0.474 e. The van der Waals surface area contributed by atoms with E-state index >= 15 is 0 Å². The van der Waals surface area contributed by atoms with E-state index in [0.717, 1.165) is 47.7 Å². The van der Waals surface area contributed by atoms with Crippen LogP contribution in [0.1, 0.15) is 39.2 Å². The molecule has 0 saturated carbocycles. The number of nitrogens with one attached hydrogen (secondary N) is 1. The number of primary amides is 1. The Bertz CT molecular complexity index is 1610. The van der Waals surface area contributed by atoms with Gasteiger partial charge in [0.2, 0.25) is 12.0 Å². The Balaban J connectivity index is 1.60. The van der Waals surface area contributed by atoms with Gasteiger partial charge < -0.3 is 24.9 Å². The van der Waals surface area contributed by atoms with Crippen molar-refractivity contribution in [1.29, 1.82) is 0 Å². The van der Waals surface area contributed by atoms with E-state index in [1.54, 1.807) is 25.3 Å². The second kappa shape index (κ2) is 12.5. The number of benzene rings is 2. The average Bonchev–Trinajstić information content (AvgIpc) is 3.31. The summed E-state index contributed by atoms with van der Waals surface area (Å²) >= 11 is 3.14. The molecule has 2 aromatic heterocycles. The molecule has 42 heavy (non-hydrogen) atoms. The van der Waals surface area contributed by atoms with E-state index in [1.807, 2.05) is 0 Å². The lowest BCUT2D eigenvalue weighted by Gasteiger charge is -2.18.